The van der Waals surface area contributed by atoms with Crippen molar-refractivity contribution in [3.63, 3.8) is 0 Å². The van der Waals surface area contributed by atoms with Crippen molar-refractivity contribution < 1.29 is 28.5 Å². The Labute approximate surface area is 168 Å². The molecule has 2 aromatic rings. The molecule has 0 fully saturated rings. The van der Waals surface area contributed by atoms with E-state index >= 15 is 0 Å². The van der Waals surface area contributed by atoms with Crippen LogP contribution in [0.4, 0.5) is 0 Å². The van der Waals surface area contributed by atoms with Gasteiger partial charge in [0.05, 0.1) is 6.61 Å². The van der Waals surface area contributed by atoms with E-state index in [0.717, 1.165) is 5.56 Å². The number of carbonyl (C=O) groups is 2. The number of hydrogen-bond acceptors (Lipinski definition) is 6. The van der Waals surface area contributed by atoms with Crippen LogP contribution in [0, 0.1) is 0 Å². The van der Waals surface area contributed by atoms with Gasteiger partial charge < -0.3 is 18.9 Å². The Bertz CT molecular complexity index is 896. The van der Waals surface area contributed by atoms with Crippen LogP contribution >= 0.6 is 0 Å². The fourth-order valence-corrected chi connectivity index (χ4v) is 2.53. The highest BCUT2D eigenvalue weighted by molar-refractivity contribution is 5.93. The number of rotatable bonds is 7. The molecule has 1 heterocycles. The van der Waals surface area contributed by atoms with E-state index in [9.17, 15) is 9.59 Å². The number of nitrogens with one attached hydrogen (secondary N) is 2. The van der Waals surface area contributed by atoms with Gasteiger partial charge in [-0.1, -0.05) is 18.2 Å². The quantitative estimate of drug-likeness (QED) is 0.548. The number of carbonyl (C=O) groups excluding carboxylic acids is 2. The number of fused-ring (bicyclic) bond motifs is 1. The highest BCUT2D eigenvalue weighted by Gasteiger charge is 2.11. The zero-order valence-electron chi connectivity index (χ0n) is 16.0. The second-order valence-electron chi connectivity index (χ2n) is 5.94. The van der Waals surface area contributed by atoms with Crippen molar-refractivity contribution in [2.45, 2.75) is 6.92 Å². The molecule has 2 amide bonds. The smallest absolute Gasteiger partial charge is 0.276 e. The molecule has 0 saturated carbocycles. The molecule has 0 spiro atoms. The molecule has 152 valence electrons. The number of ether oxygens (including phenoxy) is 4. The lowest BCUT2D eigenvalue weighted by atomic mass is 10.2. The van der Waals surface area contributed by atoms with Crippen molar-refractivity contribution in [1.82, 2.24) is 10.9 Å². The van der Waals surface area contributed by atoms with Crippen LogP contribution in [0.1, 0.15) is 12.5 Å². The van der Waals surface area contributed by atoms with Crippen molar-refractivity contribution in [3.8, 4) is 23.0 Å². The van der Waals surface area contributed by atoms with Gasteiger partial charge in [-0.2, -0.15) is 0 Å². The minimum absolute atomic E-state index is 0.268. The Morgan fingerprint density at radius 3 is 2.48 bits per heavy atom. The molecule has 2 N–H and O–H groups in total. The van der Waals surface area contributed by atoms with Crippen molar-refractivity contribution in [2.75, 3.05) is 26.4 Å². The lowest BCUT2D eigenvalue weighted by molar-refractivity contribution is -0.128. The van der Waals surface area contributed by atoms with E-state index in [0.29, 0.717) is 42.8 Å². The third kappa shape index (κ3) is 5.90. The monoisotopic (exact) mass is 398 g/mol. The summed E-state index contributed by atoms with van der Waals surface area (Å²) < 4.78 is 21.8. The summed E-state index contributed by atoms with van der Waals surface area (Å²) in [5, 5.41) is 0. The van der Waals surface area contributed by atoms with Crippen molar-refractivity contribution >= 4 is 17.9 Å². The highest BCUT2D eigenvalue weighted by Crippen LogP contribution is 2.31. The van der Waals surface area contributed by atoms with E-state index in [-0.39, 0.29) is 6.61 Å². The molecule has 1 aliphatic heterocycles. The van der Waals surface area contributed by atoms with Gasteiger partial charge in [0, 0.05) is 6.08 Å². The zero-order chi connectivity index (χ0) is 20.5. The predicted octanol–water partition coefficient (Wildman–Crippen LogP) is 2.10. The first-order valence-corrected chi connectivity index (χ1v) is 9.17. The topological polar surface area (TPSA) is 95.1 Å². The van der Waals surface area contributed by atoms with Crippen LogP contribution in [-0.2, 0) is 9.59 Å². The largest absolute Gasteiger partial charge is 0.490 e. The van der Waals surface area contributed by atoms with Crippen LogP contribution in [0.2, 0.25) is 0 Å². The van der Waals surface area contributed by atoms with E-state index < -0.39 is 11.8 Å². The maximum Gasteiger partial charge on any atom is 0.276 e. The predicted molar refractivity (Wildman–Crippen MR) is 106 cm³/mol. The maximum atomic E-state index is 11.9. The Morgan fingerprint density at radius 1 is 1.00 bits per heavy atom. The minimum Gasteiger partial charge on any atom is -0.490 e. The molecule has 1 aliphatic rings. The molecular formula is C21H22N2O6. The molecule has 8 nitrogen and oxygen atoms in total. The van der Waals surface area contributed by atoms with Crippen molar-refractivity contribution in [1.29, 1.82) is 0 Å². The van der Waals surface area contributed by atoms with Crippen LogP contribution in [0.25, 0.3) is 6.08 Å². The van der Waals surface area contributed by atoms with Crippen molar-refractivity contribution in [3.05, 3.63) is 54.1 Å². The molecule has 0 aromatic heterocycles. The number of hydrogen-bond donors (Lipinski definition) is 2. The molecule has 0 atom stereocenters. The van der Waals surface area contributed by atoms with Gasteiger partial charge >= 0.3 is 0 Å². The number of para-hydroxylation sites is 2. The summed E-state index contributed by atoms with van der Waals surface area (Å²) in [6.07, 6.45) is 2.91. The summed E-state index contributed by atoms with van der Waals surface area (Å²) in [7, 11) is 0. The molecule has 3 rings (SSSR count). The maximum absolute atomic E-state index is 11.9. The van der Waals surface area contributed by atoms with Gasteiger partial charge in [0.25, 0.3) is 11.8 Å². The van der Waals surface area contributed by atoms with Crippen molar-refractivity contribution in [2.24, 2.45) is 0 Å². The third-order valence-corrected chi connectivity index (χ3v) is 3.83. The van der Waals surface area contributed by atoms with Gasteiger partial charge in [-0.15, -0.1) is 0 Å². The van der Waals surface area contributed by atoms with Crippen LogP contribution < -0.4 is 29.8 Å². The van der Waals surface area contributed by atoms with Gasteiger partial charge in [0.15, 0.2) is 29.6 Å². The molecule has 0 unspecified atom stereocenters. The molecule has 0 bridgehead atoms. The summed E-state index contributed by atoms with van der Waals surface area (Å²) in [6.45, 7) is 3.08. The molecule has 0 aliphatic carbocycles. The average molecular weight is 398 g/mol. The Morgan fingerprint density at radius 2 is 1.72 bits per heavy atom. The zero-order valence-corrected chi connectivity index (χ0v) is 16.0. The van der Waals surface area contributed by atoms with Gasteiger partial charge in [0.2, 0.25) is 0 Å². The van der Waals surface area contributed by atoms with E-state index in [4.69, 9.17) is 18.9 Å². The number of hydrazine groups is 1. The van der Waals surface area contributed by atoms with Gasteiger partial charge in [-0.25, -0.2) is 0 Å². The first kappa shape index (κ1) is 20.1. The Kier molecular flexibility index (Phi) is 6.94. The molecule has 2 aromatic carbocycles. The van der Waals surface area contributed by atoms with Crippen LogP contribution in [0.15, 0.2) is 48.5 Å². The SMILES string of the molecule is CCOc1ccccc1OCC(=O)NNC(=O)/C=C/c1ccc2c(c1)OCCO2. The second kappa shape index (κ2) is 10.0. The molecular weight excluding hydrogens is 376 g/mol. The first-order chi connectivity index (χ1) is 14.2. The minimum atomic E-state index is -0.502. The summed E-state index contributed by atoms with van der Waals surface area (Å²) in [5.41, 5.74) is 5.36. The van der Waals surface area contributed by atoms with E-state index in [1.54, 1.807) is 42.5 Å². The van der Waals surface area contributed by atoms with Gasteiger partial charge in [-0.3, -0.25) is 20.4 Å². The summed E-state index contributed by atoms with van der Waals surface area (Å²) in [5.74, 6) is 1.33. The van der Waals surface area contributed by atoms with Crippen LogP contribution in [-0.4, -0.2) is 38.2 Å². The lowest BCUT2D eigenvalue weighted by Crippen LogP contribution is -2.43. The summed E-state index contributed by atoms with van der Waals surface area (Å²) >= 11 is 0. The normalized spacial score (nSPS) is 12.3. The average Bonchev–Trinajstić information content (AvgIpc) is 2.75. The van der Waals surface area contributed by atoms with Gasteiger partial charge in [0.1, 0.15) is 13.2 Å². The van der Waals surface area contributed by atoms with E-state index in [1.165, 1.54) is 6.08 Å². The van der Waals surface area contributed by atoms with E-state index in [2.05, 4.69) is 10.9 Å². The third-order valence-electron chi connectivity index (χ3n) is 3.83. The molecule has 29 heavy (non-hydrogen) atoms. The Balaban J connectivity index is 1.44. The van der Waals surface area contributed by atoms with Crippen LogP contribution in [0.5, 0.6) is 23.0 Å². The summed E-state index contributed by atoms with van der Waals surface area (Å²) in [6, 6.07) is 12.4. The van der Waals surface area contributed by atoms with Crippen LogP contribution in [0.3, 0.4) is 0 Å². The van der Waals surface area contributed by atoms with Gasteiger partial charge in [-0.05, 0) is 42.8 Å². The fourth-order valence-electron chi connectivity index (χ4n) is 2.53. The number of benzene rings is 2. The standard InChI is InChI=1S/C21H22N2O6/c1-2-26-16-5-3-4-6-17(16)29-14-21(25)23-22-20(24)10-8-15-7-9-18-19(13-15)28-12-11-27-18/h3-10,13H,2,11-12,14H2,1H3,(H,22,24)(H,23,25)/b10-8+. The Hall–Kier alpha value is -3.68. The highest BCUT2D eigenvalue weighted by atomic mass is 16.6. The first-order valence-electron chi connectivity index (χ1n) is 9.17. The number of amides is 2. The molecule has 0 saturated heterocycles. The lowest BCUT2D eigenvalue weighted by Gasteiger charge is -2.18. The van der Waals surface area contributed by atoms with E-state index in [1.807, 2.05) is 13.0 Å². The fraction of sp³-hybridized carbons (Fsp3) is 0.238. The summed E-state index contributed by atoms with van der Waals surface area (Å²) in [4.78, 5) is 23.8. The molecule has 0 radical (unpaired) electrons. The molecule has 8 heteroatoms. The second-order valence-corrected chi connectivity index (χ2v) is 5.94.